The van der Waals surface area contributed by atoms with Crippen LogP contribution in [0.15, 0.2) is 16.0 Å². The van der Waals surface area contributed by atoms with Crippen molar-refractivity contribution in [3.8, 4) is 0 Å². The highest BCUT2D eigenvalue weighted by Gasteiger charge is 2.55. The third-order valence-corrected chi connectivity index (χ3v) is 3.80. The second-order valence-corrected chi connectivity index (χ2v) is 5.39. The molecule has 8 nitrogen and oxygen atoms in total. The monoisotopic (exact) mass is 379 g/mol. The molecule has 22 heavy (non-hydrogen) atoms. The Morgan fingerprint density at radius 1 is 1.59 bits per heavy atom. The Balaban J connectivity index is 2.49. The molecule has 1 aromatic rings. The van der Waals surface area contributed by atoms with Crippen LogP contribution in [0.3, 0.4) is 0 Å². The molecule has 0 spiro atoms. The molecule has 0 bridgehead atoms. The molecule has 10 heteroatoms. The van der Waals surface area contributed by atoms with Crippen LogP contribution in [0.25, 0.3) is 6.08 Å². The lowest BCUT2D eigenvalue weighted by atomic mass is 9.98. The summed E-state index contributed by atoms with van der Waals surface area (Å²) in [5.74, 6) is -0.0381. The Hall–Kier alpha value is -1.33. The van der Waals surface area contributed by atoms with Gasteiger partial charge in [-0.05, 0) is 11.1 Å². The number of aromatic nitrogens is 2. The van der Waals surface area contributed by atoms with Gasteiger partial charge in [-0.1, -0.05) is 15.9 Å². The van der Waals surface area contributed by atoms with Crippen molar-refractivity contribution in [1.29, 1.82) is 0 Å². The van der Waals surface area contributed by atoms with Crippen molar-refractivity contribution >= 4 is 27.8 Å². The summed E-state index contributed by atoms with van der Waals surface area (Å²) in [6.07, 6.45) is -1.96. The van der Waals surface area contributed by atoms with Crippen LogP contribution in [0.2, 0.25) is 0 Å². The van der Waals surface area contributed by atoms with Gasteiger partial charge in [-0.25, -0.2) is 9.18 Å². The number of hydrogen-bond donors (Lipinski definition) is 4. The Labute approximate surface area is 132 Å². The van der Waals surface area contributed by atoms with Gasteiger partial charge in [0.1, 0.15) is 24.7 Å². The maximum absolute atomic E-state index is 13.1. The van der Waals surface area contributed by atoms with Gasteiger partial charge < -0.3 is 25.8 Å². The van der Waals surface area contributed by atoms with E-state index in [0.29, 0.717) is 5.56 Å². The third kappa shape index (κ3) is 2.68. The number of anilines is 1. The zero-order chi connectivity index (χ0) is 16.5. The number of aliphatic hydroxyl groups is 3. The normalized spacial score (nSPS) is 32.0. The Kier molecular flexibility index (Phi) is 4.97. The van der Waals surface area contributed by atoms with Crippen LogP contribution in [0, 0.1) is 0 Å². The van der Waals surface area contributed by atoms with E-state index in [9.17, 15) is 24.5 Å². The van der Waals surface area contributed by atoms with E-state index in [4.69, 9.17) is 10.5 Å². The van der Waals surface area contributed by atoms with Crippen LogP contribution in [-0.4, -0.2) is 56.0 Å². The highest BCUT2D eigenvalue weighted by molar-refractivity contribution is 9.11. The minimum absolute atomic E-state index is 0.0381. The number of alkyl halides is 1. The largest absolute Gasteiger partial charge is 0.393 e. The first-order chi connectivity index (χ1) is 10.4. The van der Waals surface area contributed by atoms with Gasteiger partial charge in [0.25, 0.3) is 0 Å². The standard InChI is InChI=1S/C12H15BrFN3O5/c13-2-1-6-3-17(11(21)16-9(6)15)10-7(19)8(20)12(4-14,5-18)22-10/h1-3,7-8,10,18-20H,4-5H2,(H2,15,16,21)/t7-,8+,10-,12-/m1/s1. The van der Waals surface area contributed by atoms with Crippen molar-refractivity contribution in [2.75, 3.05) is 19.0 Å². The number of aliphatic hydroxyl groups excluding tert-OH is 3. The molecule has 0 aliphatic carbocycles. The lowest BCUT2D eigenvalue weighted by molar-refractivity contribution is -0.138. The van der Waals surface area contributed by atoms with Gasteiger partial charge in [0.15, 0.2) is 11.8 Å². The molecule has 1 aromatic heterocycles. The summed E-state index contributed by atoms with van der Waals surface area (Å²) < 4.78 is 19.3. The van der Waals surface area contributed by atoms with Crippen molar-refractivity contribution in [2.45, 2.75) is 24.0 Å². The quantitative estimate of drug-likeness (QED) is 0.535. The van der Waals surface area contributed by atoms with E-state index in [-0.39, 0.29) is 5.82 Å². The minimum atomic E-state index is -1.99. The van der Waals surface area contributed by atoms with Gasteiger partial charge in [-0.15, -0.1) is 0 Å². The molecule has 1 saturated heterocycles. The molecular formula is C12H15BrFN3O5. The minimum Gasteiger partial charge on any atom is -0.393 e. The van der Waals surface area contributed by atoms with E-state index in [1.54, 1.807) is 0 Å². The van der Waals surface area contributed by atoms with Gasteiger partial charge in [0.05, 0.1) is 6.61 Å². The topological polar surface area (TPSA) is 131 Å². The van der Waals surface area contributed by atoms with Crippen molar-refractivity contribution in [3.05, 3.63) is 27.2 Å². The smallest absolute Gasteiger partial charge is 0.351 e. The SMILES string of the molecule is Nc1nc(=O)n([C@@H]2O[C@@](CO)(CF)[C@@H](O)[C@H]2O)cc1C=CBr. The summed E-state index contributed by atoms with van der Waals surface area (Å²) in [4.78, 5) is 17.0. The first-order valence-electron chi connectivity index (χ1n) is 6.26. The van der Waals surface area contributed by atoms with Crippen molar-refractivity contribution in [2.24, 2.45) is 0 Å². The maximum atomic E-state index is 13.1. The summed E-state index contributed by atoms with van der Waals surface area (Å²) in [5, 5.41) is 29.2. The van der Waals surface area contributed by atoms with E-state index < -0.39 is 43.0 Å². The predicted octanol–water partition coefficient (Wildman–Crippen LogP) is -0.858. The van der Waals surface area contributed by atoms with Crippen LogP contribution < -0.4 is 11.4 Å². The fraction of sp³-hybridized carbons (Fsp3) is 0.500. The zero-order valence-corrected chi connectivity index (χ0v) is 12.9. The average molecular weight is 380 g/mol. The lowest BCUT2D eigenvalue weighted by Gasteiger charge is -2.26. The number of nitrogens with zero attached hydrogens (tertiary/aromatic N) is 2. The number of nitrogens with two attached hydrogens (primary N) is 1. The summed E-state index contributed by atoms with van der Waals surface area (Å²) >= 11 is 3.05. The number of halogens is 2. The second-order valence-electron chi connectivity index (χ2n) is 4.86. The van der Waals surface area contributed by atoms with E-state index >= 15 is 0 Å². The highest BCUT2D eigenvalue weighted by Crippen LogP contribution is 2.37. The summed E-state index contributed by atoms with van der Waals surface area (Å²) in [6.45, 7) is -2.09. The molecule has 2 rings (SSSR count). The van der Waals surface area contributed by atoms with Crippen LogP contribution in [0.1, 0.15) is 11.8 Å². The molecule has 5 N–H and O–H groups in total. The van der Waals surface area contributed by atoms with E-state index in [2.05, 4.69) is 20.9 Å². The van der Waals surface area contributed by atoms with Gasteiger partial charge in [0.2, 0.25) is 0 Å². The van der Waals surface area contributed by atoms with Crippen LogP contribution in [-0.2, 0) is 4.74 Å². The van der Waals surface area contributed by atoms with E-state index in [1.807, 2.05) is 0 Å². The first kappa shape index (κ1) is 17.0. The summed E-state index contributed by atoms with van der Waals surface area (Å²) in [5.41, 5.74) is 3.11. The van der Waals surface area contributed by atoms with Crippen LogP contribution >= 0.6 is 15.9 Å². The maximum Gasteiger partial charge on any atom is 0.351 e. The molecule has 0 amide bonds. The van der Waals surface area contributed by atoms with Crippen molar-refractivity contribution < 1.29 is 24.4 Å². The number of hydrogen-bond acceptors (Lipinski definition) is 7. The highest BCUT2D eigenvalue weighted by atomic mass is 79.9. The van der Waals surface area contributed by atoms with Crippen molar-refractivity contribution in [1.82, 2.24) is 9.55 Å². The third-order valence-electron chi connectivity index (χ3n) is 3.53. The fourth-order valence-electron chi connectivity index (χ4n) is 2.23. The average Bonchev–Trinajstić information content (AvgIpc) is 2.75. The fourth-order valence-corrected chi connectivity index (χ4v) is 2.51. The predicted molar refractivity (Wildman–Crippen MR) is 78.8 cm³/mol. The number of rotatable bonds is 4. The number of ether oxygens (including phenoxy) is 1. The number of nitrogen functional groups attached to an aromatic ring is 1. The summed E-state index contributed by atoms with van der Waals surface area (Å²) in [7, 11) is 0. The molecule has 122 valence electrons. The van der Waals surface area contributed by atoms with Crippen LogP contribution in [0.5, 0.6) is 0 Å². The molecule has 0 saturated carbocycles. The molecule has 0 unspecified atom stereocenters. The Bertz CT molecular complexity index is 634. The molecule has 2 heterocycles. The van der Waals surface area contributed by atoms with Gasteiger partial charge in [0, 0.05) is 11.8 Å². The molecule has 1 aliphatic heterocycles. The lowest BCUT2D eigenvalue weighted by Crippen LogP contribution is -2.48. The van der Waals surface area contributed by atoms with Gasteiger partial charge >= 0.3 is 5.69 Å². The van der Waals surface area contributed by atoms with Crippen LogP contribution in [0.4, 0.5) is 10.2 Å². The van der Waals surface area contributed by atoms with Crippen molar-refractivity contribution in [3.63, 3.8) is 0 Å². The molecule has 1 aliphatic rings. The second kappa shape index (κ2) is 6.42. The molecule has 0 radical (unpaired) electrons. The Morgan fingerprint density at radius 3 is 2.77 bits per heavy atom. The molecule has 0 aromatic carbocycles. The van der Waals surface area contributed by atoms with Gasteiger partial charge in [-0.2, -0.15) is 4.98 Å². The van der Waals surface area contributed by atoms with Gasteiger partial charge in [-0.3, -0.25) is 4.57 Å². The first-order valence-corrected chi connectivity index (χ1v) is 7.18. The Morgan fingerprint density at radius 2 is 2.27 bits per heavy atom. The summed E-state index contributed by atoms with van der Waals surface area (Å²) in [6, 6.07) is 0. The molecule has 4 atom stereocenters. The zero-order valence-electron chi connectivity index (χ0n) is 11.3. The van der Waals surface area contributed by atoms with E-state index in [1.165, 1.54) is 17.3 Å². The molecular weight excluding hydrogens is 365 g/mol. The van der Waals surface area contributed by atoms with E-state index in [0.717, 1.165) is 4.57 Å². The molecule has 1 fully saturated rings.